The molecule has 0 unspecified atom stereocenters. The van der Waals surface area contributed by atoms with Crippen LogP contribution in [0.2, 0.25) is 0 Å². The number of likely N-dealkylation sites (tertiary alicyclic amines) is 1. The van der Waals surface area contributed by atoms with Crippen LogP contribution in [0.4, 0.5) is 10.5 Å². The number of methoxy groups -OCH3 is 1. The first-order valence-electron chi connectivity index (χ1n) is 7.80. The van der Waals surface area contributed by atoms with E-state index in [0.717, 1.165) is 16.3 Å². The molecular weight excluding hydrogens is 340 g/mol. The number of nitrogens with zero attached hydrogens (tertiary/aromatic N) is 3. The van der Waals surface area contributed by atoms with Crippen molar-refractivity contribution < 1.29 is 14.1 Å². The normalized spacial score (nSPS) is 14.2. The zero-order valence-corrected chi connectivity index (χ0v) is 14.3. The molecule has 1 aliphatic rings. The van der Waals surface area contributed by atoms with Gasteiger partial charge in [0.25, 0.3) is 0 Å². The highest BCUT2D eigenvalue weighted by Crippen LogP contribution is 2.29. The van der Waals surface area contributed by atoms with Crippen molar-refractivity contribution in [1.82, 2.24) is 15.0 Å². The minimum atomic E-state index is -0.139. The fraction of sp³-hybridized carbons (Fsp3) is 0.235. The summed E-state index contributed by atoms with van der Waals surface area (Å²) >= 11 is 1.57. The average Bonchev–Trinajstić information content (AvgIpc) is 3.25. The van der Waals surface area contributed by atoms with Crippen LogP contribution in [0.25, 0.3) is 10.7 Å². The number of hydrogen-bond acceptors (Lipinski definition) is 6. The first-order chi connectivity index (χ1) is 12.2. The molecule has 4 rings (SSSR count). The maximum Gasteiger partial charge on any atom is 0.321 e. The summed E-state index contributed by atoms with van der Waals surface area (Å²) < 4.78 is 10.4. The van der Waals surface area contributed by atoms with Gasteiger partial charge in [-0.15, -0.1) is 11.3 Å². The Hall–Kier alpha value is -2.87. The molecule has 0 bridgehead atoms. The number of thiophene rings is 1. The Balaban J connectivity index is 1.33. The molecule has 1 aromatic carbocycles. The van der Waals surface area contributed by atoms with Crippen molar-refractivity contribution in [3.63, 3.8) is 0 Å². The number of carbonyl (C=O) groups is 1. The SMILES string of the molecule is COc1ccc(NC(=O)N2CC(c3nc(-c4cccs4)no3)C2)cc1. The summed E-state index contributed by atoms with van der Waals surface area (Å²) in [5.41, 5.74) is 0.729. The molecule has 0 atom stereocenters. The zero-order valence-electron chi connectivity index (χ0n) is 13.5. The van der Waals surface area contributed by atoms with Gasteiger partial charge in [0, 0.05) is 18.8 Å². The lowest BCUT2D eigenvalue weighted by molar-refractivity contribution is 0.147. The minimum absolute atomic E-state index is 0.0860. The standard InChI is InChI=1S/C17H16N4O3S/c1-23-13-6-4-12(5-7-13)18-17(22)21-9-11(10-21)16-19-15(20-24-16)14-3-2-8-25-14/h2-8,11H,9-10H2,1H3,(H,18,22). The Morgan fingerprint density at radius 3 is 2.80 bits per heavy atom. The highest BCUT2D eigenvalue weighted by molar-refractivity contribution is 7.13. The fourth-order valence-electron chi connectivity index (χ4n) is 2.58. The van der Waals surface area contributed by atoms with E-state index in [2.05, 4.69) is 15.5 Å². The van der Waals surface area contributed by atoms with Gasteiger partial charge in [-0.2, -0.15) is 4.98 Å². The summed E-state index contributed by atoms with van der Waals surface area (Å²) in [6.07, 6.45) is 0. The van der Waals surface area contributed by atoms with E-state index in [9.17, 15) is 4.79 Å². The third kappa shape index (κ3) is 3.20. The van der Waals surface area contributed by atoms with Gasteiger partial charge in [0.05, 0.1) is 17.9 Å². The van der Waals surface area contributed by atoms with Crippen LogP contribution in [0.15, 0.2) is 46.3 Å². The Morgan fingerprint density at radius 2 is 2.12 bits per heavy atom. The molecule has 2 aromatic heterocycles. The summed E-state index contributed by atoms with van der Waals surface area (Å²) in [6.45, 7) is 1.13. The van der Waals surface area contributed by atoms with E-state index in [-0.39, 0.29) is 11.9 Å². The van der Waals surface area contributed by atoms with Gasteiger partial charge in [-0.3, -0.25) is 0 Å². The molecule has 128 valence electrons. The van der Waals surface area contributed by atoms with Crippen LogP contribution in [0, 0.1) is 0 Å². The van der Waals surface area contributed by atoms with Crippen LogP contribution in [-0.2, 0) is 0 Å². The molecular formula is C17H16N4O3S. The molecule has 1 saturated heterocycles. The first-order valence-corrected chi connectivity index (χ1v) is 8.68. The largest absolute Gasteiger partial charge is 0.497 e. The van der Waals surface area contributed by atoms with E-state index in [4.69, 9.17) is 9.26 Å². The van der Waals surface area contributed by atoms with Crippen molar-refractivity contribution in [2.45, 2.75) is 5.92 Å². The second kappa shape index (κ2) is 6.56. The molecule has 0 radical (unpaired) electrons. The topological polar surface area (TPSA) is 80.5 Å². The summed E-state index contributed by atoms with van der Waals surface area (Å²) in [7, 11) is 1.61. The number of aromatic nitrogens is 2. The summed E-state index contributed by atoms with van der Waals surface area (Å²) in [6, 6.07) is 11.0. The van der Waals surface area contributed by atoms with Crippen molar-refractivity contribution in [2.24, 2.45) is 0 Å². The molecule has 2 amide bonds. The van der Waals surface area contributed by atoms with E-state index in [1.165, 1.54) is 0 Å². The van der Waals surface area contributed by atoms with Crippen LogP contribution < -0.4 is 10.1 Å². The molecule has 1 aliphatic heterocycles. The van der Waals surface area contributed by atoms with Crippen LogP contribution in [0.1, 0.15) is 11.8 Å². The van der Waals surface area contributed by atoms with Crippen molar-refractivity contribution in [2.75, 3.05) is 25.5 Å². The Kier molecular flexibility index (Phi) is 4.10. The second-order valence-electron chi connectivity index (χ2n) is 5.69. The number of nitrogens with one attached hydrogen (secondary N) is 1. The number of hydrogen-bond donors (Lipinski definition) is 1. The fourth-order valence-corrected chi connectivity index (χ4v) is 3.23. The van der Waals surface area contributed by atoms with E-state index in [1.807, 2.05) is 17.5 Å². The van der Waals surface area contributed by atoms with Gasteiger partial charge in [-0.25, -0.2) is 4.79 Å². The molecule has 0 spiro atoms. The van der Waals surface area contributed by atoms with E-state index < -0.39 is 0 Å². The Bertz CT molecular complexity index is 854. The van der Waals surface area contributed by atoms with Gasteiger partial charge in [-0.1, -0.05) is 11.2 Å². The summed E-state index contributed by atoms with van der Waals surface area (Å²) in [5, 5.41) is 8.84. The number of carbonyl (C=O) groups excluding carboxylic acids is 1. The van der Waals surface area contributed by atoms with Crippen molar-refractivity contribution in [1.29, 1.82) is 0 Å². The molecule has 3 heterocycles. The van der Waals surface area contributed by atoms with Gasteiger partial charge in [0.1, 0.15) is 5.75 Å². The predicted octanol–water partition coefficient (Wildman–Crippen LogP) is 3.44. The van der Waals surface area contributed by atoms with Crippen LogP contribution in [0.3, 0.4) is 0 Å². The molecule has 0 aliphatic carbocycles. The minimum Gasteiger partial charge on any atom is -0.497 e. The number of anilines is 1. The van der Waals surface area contributed by atoms with Crippen LogP contribution in [0.5, 0.6) is 5.75 Å². The van der Waals surface area contributed by atoms with Gasteiger partial charge in [-0.05, 0) is 35.7 Å². The summed E-state index contributed by atoms with van der Waals surface area (Å²) in [4.78, 5) is 19.4. The lowest BCUT2D eigenvalue weighted by Gasteiger charge is -2.36. The number of benzene rings is 1. The molecule has 3 aromatic rings. The molecule has 1 N–H and O–H groups in total. The lowest BCUT2D eigenvalue weighted by atomic mass is 10.0. The third-order valence-electron chi connectivity index (χ3n) is 4.04. The van der Waals surface area contributed by atoms with Gasteiger partial charge < -0.3 is 19.5 Å². The van der Waals surface area contributed by atoms with E-state index in [1.54, 1.807) is 47.6 Å². The highest BCUT2D eigenvalue weighted by atomic mass is 32.1. The number of amides is 2. The average molecular weight is 356 g/mol. The quantitative estimate of drug-likeness (QED) is 0.774. The van der Waals surface area contributed by atoms with Crippen molar-refractivity contribution >= 4 is 23.1 Å². The smallest absolute Gasteiger partial charge is 0.321 e. The third-order valence-corrected chi connectivity index (χ3v) is 4.91. The monoisotopic (exact) mass is 356 g/mol. The summed E-state index contributed by atoms with van der Waals surface area (Å²) in [5.74, 6) is 2.02. The molecule has 7 nitrogen and oxygen atoms in total. The zero-order chi connectivity index (χ0) is 17.2. The highest BCUT2D eigenvalue weighted by Gasteiger charge is 2.35. The number of urea groups is 1. The Morgan fingerprint density at radius 1 is 1.32 bits per heavy atom. The molecule has 25 heavy (non-hydrogen) atoms. The van der Waals surface area contributed by atoms with Crippen LogP contribution in [-0.4, -0.2) is 41.3 Å². The number of ether oxygens (including phenoxy) is 1. The first kappa shape index (κ1) is 15.6. The maximum absolute atomic E-state index is 12.2. The predicted molar refractivity (Wildman–Crippen MR) is 93.9 cm³/mol. The number of rotatable bonds is 4. The van der Waals surface area contributed by atoms with Gasteiger partial charge in [0.15, 0.2) is 0 Å². The molecule has 1 fully saturated rings. The van der Waals surface area contributed by atoms with Gasteiger partial charge >= 0.3 is 6.03 Å². The van der Waals surface area contributed by atoms with Crippen molar-refractivity contribution in [3.05, 3.63) is 47.7 Å². The van der Waals surface area contributed by atoms with Crippen molar-refractivity contribution in [3.8, 4) is 16.5 Å². The van der Waals surface area contributed by atoms with E-state index in [0.29, 0.717) is 24.8 Å². The van der Waals surface area contributed by atoms with Gasteiger partial charge in [0.2, 0.25) is 11.7 Å². The lowest BCUT2D eigenvalue weighted by Crippen LogP contribution is -2.50. The Labute approximate surface area is 148 Å². The molecule has 0 saturated carbocycles. The van der Waals surface area contributed by atoms with Crippen LogP contribution >= 0.6 is 11.3 Å². The molecule has 8 heteroatoms. The van der Waals surface area contributed by atoms with E-state index >= 15 is 0 Å². The maximum atomic E-state index is 12.2. The second-order valence-corrected chi connectivity index (χ2v) is 6.64.